The molecular weight excluding hydrogens is 354 g/mol. The quantitative estimate of drug-likeness (QED) is 0.760. The summed E-state index contributed by atoms with van der Waals surface area (Å²) < 4.78 is 30.0. The van der Waals surface area contributed by atoms with Gasteiger partial charge in [0, 0.05) is 13.2 Å². The number of amides is 1. The first-order chi connectivity index (χ1) is 12.3. The topological polar surface area (TPSA) is 88.6 Å². The Morgan fingerprint density at radius 3 is 2.46 bits per heavy atom. The van der Waals surface area contributed by atoms with E-state index in [2.05, 4.69) is 10.3 Å². The molecule has 1 heterocycles. The van der Waals surface area contributed by atoms with Crippen LogP contribution in [0.25, 0.3) is 0 Å². The summed E-state index contributed by atoms with van der Waals surface area (Å²) in [4.78, 5) is 16.5. The monoisotopic (exact) mass is 377 g/mol. The van der Waals surface area contributed by atoms with E-state index in [-0.39, 0.29) is 5.91 Å². The number of pyridine rings is 1. The third-order valence-electron chi connectivity index (χ3n) is 3.81. The molecule has 1 amide bonds. The van der Waals surface area contributed by atoms with Gasteiger partial charge in [-0.15, -0.1) is 0 Å². The number of hydrogen-bond acceptors (Lipinski definition) is 5. The molecule has 0 aliphatic heterocycles. The first-order valence-corrected chi connectivity index (χ1v) is 10.0. The molecule has 0 fully saturated rings. The molecule has 1 atom stereocenters. The maximum Gasteiger partial charge on any atom is 0.261 e. The van der Waals surface area contributed by atoms with Gasteiger partial charge in [-0.1, -0.05) is 13.0 Å². The molecule has 1 N–H and O–H groups in total. The molecule has 1 aromatic heterocycles. The zero-order chi connectivity index (χ0) is 19.2. The number of sulfonamides is 1. The molecule has 140 valence electrons. The van der Waals surface area contributed by atoms with Crippen LogP contribution in [0.5, 0.6) is 5.75 Å². The summed E-state index contributed by atoms with van der Waals surface area (Å²) in [7, 11) is -1.84. The number of carbonyl (C=O) groups excluding carboxylic acids is 1. The molecule has 0 radical (unpaired) electrons. The summed E-state index contributed by atoms with van der Waals surface area (Å²) in [5, 5.41) is 2.81. The number of carbonyl (C=O) groups is 1. The van der Waals surface area contributed by atoms with Crippen molar-refractivity contribution in [3.05, 3.63) is 54.4 Å². The standard InChI is InChI=1S/C18H23N3O4S/c1-4-17(18(22)20-13-14-7-5-6-12-19-14)25-16-10-8-15(9-11-16)21(2)26(3,23)24/h5-12,17H,4,13H2,1-3H3,(H,20,22)/t17-/m1/s1. The molecule has 2 rings (SSSR count). The third kappa shape index (κ3) is 5.45. The van der Waals surface area contributed by atoms with Crippen LogP contribution >= 0.6 is 0 Å². The lowest BCUT2D eigenvalue weighted by molar-refractivity contribution is -0.128. The molecule has 0 saturated carbocycles. The Bertz CT molecular complexity index is 823. The summed E-state index contributed by atoms with van der Waals surface area (Å²) in [5.41, 5.74) is 1.29. The van der Waals surface area contributed by atoms with E-state index in [9.17, 15) is 13.2 Å². The zero-order valence-electron chi connectivity index (χ0n) is 15.0. The molecule has 0 saturated heterocycles. The fourth-order valence-electron chi connectivity index (χ4n) is 2.21. The van der Waals surface area contributed by atoms with Crippen LogP contribution in [-0.2, 0) is 21.4 Å². The molecule has 0 aliphatic rings. The summed E-state index contributed by atoms with van der Waals surface area (Å²) in [6, 6.07) is 12.1. The highest BCUT2D eigenvalue weighted by molar-refractivity contribution is 7.92. The second kappa shape index (κ2) is 8.66. The highest BCUT2D eigenvalue weighted by atomic mass is 32.2. The predicted octanol–water partition coefficient (Wildman–Crippen LogP) is 1.95. The SMILES string of the molecule is CC[C@@H](Oc1ccc(N(C)S(C)(=O)=O)cc1)C(=O)NCc1ccccn1. The van der Waals surface area contributed by atoms with Crippen LogP contribution in [0.15, 0.2) is 48.7 Å². The molecule has 7 nitrogen and oxygen atoms in total. The molecule has 0 spiro atoms. The predicted molar refractivity (Wildman–Crippen MR) is 100 cm³/mol. The van der Waals surface area contributed by atoms with Crippen molar-refractivity contribution in [2.45, 2.75) is 26.0 Å². The van der Waals surface area contributed by atoms with Gasteiger partial charge < -0.3 is 10.1 Å². The number of aromatic nitrogens is 1. The number of nitrogens with zero attached hydrogens (tertiary/aromatic N) is 2. The van der Waals surface area contributed by atoms with Crippen molar-refractivity contribution in [1.29, 1.82) is 0 Å². The lowest BCUT2D eigenvalue weighted by Gasteiger charge is -2.19. The normalized spacial score (nSPS) is 12.3. The first-order valence-electron chi connectivity index (χ1n) is 8.19. The van der Waals surface area contributed by atoms with Gasteiger partial charge in [0.1, 0.15) is 5.75 Å². The highest BCUT2D eigenvalue weighted by Gasteiger charge is 2.18. The zero-order valence-corrected chi connectivity index (χ0v) is 15.9. The molecule has 2 aromatic rings. The van der Waals surface area contributed by atoms with E-state index in [0.29, 0.717) is 24.4 Å². The first kappa shape index (κ1) is 19.7. The molecule has 0 aliphatic carbocycles. The van der Waals surface area contributed by atoms with E-state index in [1.807, 2.05) is 25.1 Å². The average molecular weight is 377 g/mol. The van der Waals surface area contributed by atoms with Gasteiger partial charge in [-0.3, -0.25) is 14.1 Å². The fourth-order valence-corrected chi connectivity index (χ4v) is 2.71. The van der Waals surface area contributed by atoms with Crippen LogP contribution in [-0.4, -0.2) is 38.7 Å². The molecular formula is C18H23N3O4S. The maximum absolute atomic E-state index is 12.3. The van der Waals surface area contributed by atoms with Crippen molar-refractivity contribution in [3.63, 3.8) is 0 Å². The minimum atomic E-state index is -3.32. The van der Waals surface area contributed by atoms with Crippen molar-refractivity contribution >= 4 is 21.6 Å². The minimum absolute atomic E-state index is 0.226. The van der Waals surface area contributed by atoms with Gasteiger partial charge in [0.2, 0.25) is 10.0 Å². The van der Waals surface area contributed by atoms with Crippen LogP contribution in [0, 0.1) is 0 Å². The number of ether oxygens (including phenoxy) is 1. The Morgan fingerprint density at radius 2 is 1.92 bits per heavy atom. The molecule has 0 unspecified atom stereocenters. The van der Waals surface area contributed by atoms with Crippen LogP contribution in [0.3, 0.4) is 0 Å². The summed E-state index contributed by atoms with van der Waals surface area (Å²) in [5.74, 6) is 0.269. The van der Waals surface area contributed by atoms with Gasteiger partial charge >= 0.3 is 0 Å². The number of nitrogens with one attached hydrogen (secondary N) is 1. The number of anilines is 1. The molecule has 1 aromatic carbocycles. The van der Waals surface area contributed by atoms with Gasteiger partial charge in [-0.25, -0.2) is 8.42 Å². The van der Waals surface area contributed by atoms with E-state index >= 15 is 0 Å². The molecule has 8 heteroatoms. The lowest BCUT2D eigenvalue weighted by Crippen LogP contribution is -2.37. The summed E-state index contributed by atoms with van der Waals surface area (Å²) >= 11 is 0. The summed E-state index contributed by atoms with van der Waals surface area (Å²) in [6.45, 7) is 2.19. The third-order valence-corrected chi connectivity index (χ3v) is 5.02. The van der Waals surface area contributed by atoms with Crippen molar-refractivity contribution in [2.24, 2.45) is 0 Å². The smallest absolute Gasteiger partial charge is 0.261 e. The Morgan fingerprint density at radius 1 is 1.23 bits per heavy atom. The van der Waals surface area contributed by atoms with Crippen LogP contribution in [0.1, 0.15) is 19.0 Å². The van der Waals surface area contributed by atoms with Gasteiger partial charge in [0.15, 0.2) is 6.10 Å². The second-order valence-corrected chi connectivity index (χ2v) is 7.79. The van der Waals surface area contributed by atoms with Gasteiger partial charge in [0.25, 0.3) is 5.91 Å². The number of benzene rings is 1. The van der Waals surface area contributed by atoms with E-state index in [0.717, 1.165) is 11.9 Å². The Balaban J connectivity index is 1.97. The van der Waals surface area contributed by atoms with E-state index in [1.165, 1.54) is 11.4 Å². The highest BCUT2D eigenvalue weighted by Crippen LogP contribution is 2.21. The Kier molecular flexibility index (Phi) is 6.57. The maximum atomic E-state index is 12.3. The largest absolute Gasteiger partial charge is 0.481 e. The van der Waals surface area contributed by atoms with Crippen molar-refractivity contribution in [1.82, 2.24) is 10.3 Å². The van der Waals surface area contributed by atoms with E-state index < -0.39 is 16.1 Å². The van der Waals surface area contributed by atoms with Gasteiger partial charge in [-0.05, 0) is 42.8 Å². The van der Waals surface area contributed by atoms with Gasteiger partial charge in [0.05, 0.1) is 24.2 Å². The van der Waals surface area contributed by atoms with E-state index in [4.69, 9.17) is 4.74 Å². The minimum Gasteiger partial charge on any atom is -0.481 e. The van der Waals surface area contributed by atoms with Crippen LogP contribution in [0.4, 0.5) is 5.69 Å². The Labute approximate surface area is 154 Å². The Hall–Kier alpha value is -2.61. The van der Waals surface area contributed by atoms with Crippen molar-refractivity contribution in [3.8, 4) is 5.75 Å². The summed E-state index contributed by atoms with van der Waals surface area (Å²) in [6.07, 6.45) is 2.66. The number of rotatable bonds is 8. The van der Waals surface area contributed by atoms with Crippen LogP contribution in [0.2, 0.25) is 0 Å². The van der Waals surface area contributed by atoms with Crippen molar-refractivity contribution in [2.75, 3.05) is 17.6 Å². The molecule has 26 heavy (non-hydrogen) atoms. The van der Waals surface area contributed by atoms with Crippen molar-refractivity contribution < 1.29 is 17.9 Å². The lowest BCUT2D eigenvalue weighted by atomic mass is 10.2. The molecule has 0 bridgehead atoms. The fraction of sp³-hybridized carbons (Fsp3) is 0.333. The van der Waals surface area contributed by atoms with Crippen LogP contribution < -0.4 is 14.4 Å². The second-order valence-electron chi connectivity index (χ2n) is 5.78. The van der Waals surface area contributed by atoms with E-state index in [1.54, 1.807) is 30.5 Å². The average Bonchev–Trinajstić information content (AvgIpc) is 2.64. The number of hydrogen-bond donors (Lipinski definition) is 1. The van der Waals surface area contributed by atoms with Gasteiger partial charge in [-0.2, -0.15) is 0 Å².